The van der Waals surface area contributed by atoms with Crippen LogP contribution in [0.25, 0.3) is 32.9 Å². The number of fused-ring (bicyclic) bond motifs is 4. The van der Waals surface area contributed by atoms with Crippen molar-refractivity contribution in [2.24, 2.45) is 0 Å². The number of anilines is 1. The zero-order valence-electron chi connectivity index (χ0n) is 22.8. The Hall–Kier alpha value is -3.90. The Kier molecular flexibility index (Phi) is 5.87. The minimum absolute atomic E-state index is 0.0461. The second-order valence-corrected chi connectivity index (χ2v) is 11.7. The minimum Gasteiger partial charge on any atom is -0.508 e. The average molecular weight is 579 g/mol. The van der Waals surface area contributed by atoms with Crippen molar-refractivity contribution in [3.63, 3.8) is 0 Å². The van der Waals surface area contributed by atoms with E-state index in [4.69, 9.17) is 14.5 Å². The predicted molar refractivity (Wildman–Crippen MR) is 150 cm³/mol. The van der Waals surface area contributed by atoms with Crippen molar-refractivity contribution in [1.82, 2.24) is 25.2 Å². The molecule has 0 spiro atoms. The van der Waals surface area contributed by atoms with Crippen molar-refractivity contribution in [1.29, 1.82) is 0 Å². The van der Waals surface area contributed by atoms with Crippen LogP contribution in [0.3, 0.4) is 0 Å². The molecule has 2 aromatic heterocycles. The molecule has 2 N–H and O–H groups in total. The summed E-state index contributed by atoms with van der Waals surface area (Å²) < 4.78 is 58.6. The van der Waals surface area contributed by atoms with Crippen LogP contribution in [0.2, 0.25) is 0 Å². The largest absolute Gasteiger partial charge is 0.508 e. The second-order valence-electron chi connectivity index (χ2n) is 11.7. The Morgan fingerprint density at radius 1 is 1.02 bits per heavy atom. The quantitative estimate of drug-likeness (QED) is 0.370. The Labute approximate surface area is 239 Å². The normalized spacial score (nSPS) is 21.3. The fourth-order valence-corrected chi connectivity index (χ4v) is 7.25. The molecule has 4 aromatic rings. The Morgan fingerprint density at radius 3 is 2.69 bits per heavy atom. The van der Waals surface area contributed by atoms with Gasteiger partial charge in [-0.3, -0.25) is 4.90 Å². The van der Waals surface area contributed by atoms with Gasteiger partial charge in [-0.1, -0.05) is 6.07 Å². The lowest BCUT2D eigenvalue weighted by molar-refractivity contribution is 0.108. The molecule has 0 radical (unpaired) electrons. The lowest BCUT2D eigenvalue weighted by Gasteiger charge is -2.35. The van der Waals surface area contributed by atoms with Gasteiger partial charge in [0.1, 0.15) is 41.4 Å². The van der Waals surface area contributed by atoms with Gasteiger partial charge in [0.25, 0.3) is 0 Å². The first-order valence-electron chi connectivity index (χ1n) is 14.4. The van der Waals surface area contributed by atoms with Gasteiger partial charge in [0.2, 0.25) is 5.88 Å². The number of phenols is 1. The minimum atomic E-state index is -1.16. The molecule has 8 rings (SSSR count). The molecule has 0 aliphatic carbocycles. The van der Waals surface area contributed by atoms with Gasteiger partial charge in [-0.15, -0.1) is 0 Å². The molecule has 218 valence electrons. The van der Waals surface area contributed by atoms with Crippen molar-refractivity contribution in [2.45, 2.75) is 37.3 Å². The number of pyridine rings is 1. The van der Waals surface area contributed by atoms with E-state index in [9.17, 15) is 9.50 Å². The van der Waals surface area contributed by atoms with Crippen LogP contribution in [-0.2, 0) is 0 Å². The molecule has 4 aliphatic heterocycles. The molecule has 9 nitrogen and oxygen atoms in total. The molecule has 4 aliphatic rings. The summed E-state index contributed by atoms with van der Waals surface area (Å²) >= 11 is 0. The van der Waals surface area contributed by atoms with Crippen molar-refractivity contribution >= 4 is 27.5 Å². The summed E-state index contributed by atoms with van der Waals surface area (Å²) in [7, 11) is 0. The van der Waals surface area contributed by atoms with E-state index in [1.807, 2.05) is 0 Å². The molecule has 3 saturated heterocycles. The number of piperazine rings is 1. The topological polar surface area (TPSA) is 95.9 Å². The third-order valence-electron chi connectivity index (χ3n) is 9.28. The third-order valence-corrected chi connectivity index (χ3v) is 9.28. The predicted octanol–water partition coefficient (Wildman–Crippen LogP) is 4.15. The van der Waals surface area contributed by atoms with E-state index in [0.717, 1.165) is 44.8 Å². The molecule has 2 aromatic carbocycles. The maximum absolute atomic E-state index is 16.7. The summed E-state index contributed by atoms with van der Waals surface area (Å²) in [5, 5.41) is 14.1. The van der Waals surface area contributed by atoms with Gasteiger partial charge in [0.15, 0.2) is 17.5 Å². The Morgan fingerprint density at radius 2 is 1.86 bits per heavy atom. The number of halogens is 3. The van der Waals surface area contributed by atoms with Crippen LogP contribution < -0.4 is 19.7 Å². The summed E-state index contributed by atoms with van der Waals surface area (Å²) in [5.41, 5.74) is -0.580. The highest BCUT2D eigenvalue weighted by Gasteiger charge is 2.45. The zero-order chi connectivity index (χ0) is 28.6. The first-order chi connectivity index (χ1) is 20.4. The van der Waals surface area contributed by atoms with Crippen LogP contribution in [0.15, 0.2) is 24.3 Å². The number of nitrogens with one attached hydrogen (secondary N) is 1. The maximum Gasteiger partial charge on any atom is 0.319 e. The highest BCUT2D eigenvalue weighted by molar-refractivity contribution is 6.02. The number of rotatable bonds is 4. The molecule has 0 amide bonds. The average Bonchev–Trinajstić information content (AvgIpc) is 3.53. The van der Waals surface area contributed by atoms with Gasteiger partial charge >= 0.3 is 6.01 Å². The van der Waals surface area contributed by atoms with Crippen molar-refractivity contribution in [3.05, 3.63) is 41.7 Å². The van der Waals surface area contributed by atoms with Gasteiger partial charge in [-0.2, -0.15) is 9.97 Å². The molecule has 0 unspecified atom stereocenters. The van der Waals surface area contributed by atoms with Gasteiger partial charge in [-0.25, -0.2) is 18.2 Å². The summed E-state index contributed by atoms with van der Waals surface area (Å²) in [6, 6.07) is 4.70. The Bertz CT molecular complexity index is 1740. The summed E-state index contributed by atoms with van der Waals surface area (Å²) in [6.45, 7) is 4.67. The van der Waals surface area contributed by atoms with E-state index in [1.54, 1.807) is 0 Å². The molecule has 3 fully saturated rings. The van der Waals surface area contributed by atoms with E-state index >= 15 is 8.78 Å². The number of benzene rings is 2. The molecule has 6 heterocycles. The van der Waals surface area contributed by atoms with Gasteiger partial charge in [0, 0.05) is 30.6 Å². The molecular formula is C30H29F3N6O3. The SMILES string of the molecule is Oc1cc(-c2nc3c4c(nc(OCC56CCCN5CCC6)nc4c2F)N2CCNC[C@H]2CO3)c2c(F)c(F)ccc2c1. The highest BCUT2D eigenvalue weighted by Crippen LogP contribution is 2.44. The summed E-state index contributed by atoms with van der Waals surface area (Å²) in [6.07, 6.45) is 4.27. The maximum atomic E-state index is 16.7. The molecule has 12 heteroatoms. The Balaban J connectivity index is 1.33. The van der Waals surface area contributed by atoms with E-state index in [0.29, 0.717) is 37.4 Å². The smallest absolute Gasteiger partial charge is 0.319 e. The number of aromatic nitrogens is 3. The molecule has 42 heavy (non-hydrogen) atoms. The molecule has 0 bridgehead atoms. The first kappa shape index (κ1) is 25.8. The standard InChI is InChI=1S/C30H29F3N6O3/c31-20-4-3-16-11-18(40)12-19(21(16)23(20)32)25-24(33)26-22-27(39-10-7-34-13-17(39)14-41-28(22)35-25)37-29(36-26)42-15-30-5-1-8-38(30)9-2-6-30/h3-4,11-12,17,34,40H,1-2,5-10,13-15H2/t17-/m0/s1. The van der Waals surface area contributed by atoms with E-state index in [-0.39, 0.29) is 63.4 Å². The van der Waals surface area contributed by atoms with Crippen molar-refractivity contribution < 1.29 is 27.8 Å². The van der Waals surface area contributed by atoms with Crippen molar-refractivity contribution in [2.75, 3.05) is 50.8 Å². The lowest BCUT2D eigenvalue weighted by atomic mass is 9.95. The third kappa shape index (κ3) is 3.88. The second kappa shape index (κ2) is 9.56. The fraction of sp³-hybridized carbons (Fsp3) is 0.433. The zero-order valence-corrected chi connectivity index (χ0v) is 22.8. The van der Waals surface area contributed by atoms with E-state index < -0.39 is 17.5 Å². The number of hydrogen-bond acceptors (Lipinski definition) is 9. The number of ether oxygens (including phenoxy) is 2. The van der Waals surface area contributed by atoms with Gasteiger partial charge in [-0.05, 0) is 62.4 Å². The number of aromatic hydroxyl groups is 1. The lowest BCUT2D eigenvalue weighted by Crippen LogP contribution is -2.53. The monoisotopic (exact) mass is 578 g/mol. The van der Waals surface area contributed by atoms with Gasteiger partial charge < -0.3 is 24.8 Å². The molecule has 1 atom stereocenters. The van der Waals surface area contributed by atoms with E-state index in [2.05, 4.69) is 25.1 Å². The summed E-state index contributed by atoms with van der Waals surface area (Å²) in [5.74, 6) is -2.81. The van der Waals surface area contributed by atoms with Crippen LogP contribution in [0, 0.1) is 17.5 Å². The van der Waals surface area contributed by atoms with Gasteiger partial charge in [0.05, 0.1) is 11.6 Å². The van der Waals surface area contributed by atoms with Crippen LogP contribution in [0.5, 0.6) is 17.6 Å². The van der Waals surface area contributed by atoms with Crippen molar-refractivity contribution in [3.8, 4) is 28.9 Å². The number of phenolic OH excluding ortho intramolecular Hbond substituents is 1. The number of hydrogen-bond donors (Lipinski definition) is 2. The van der Waals surface area contributed by atoms with Crippen LogP contribution in [0.4, 0.5) is 19.0 Å². The van der Waals surface area contributed by atoms with E-state index in [1.165, 1.54) is 18.2 Å². The molecular weight excluding hydrogens is 549 g/mol. The highest BCUT2D eigenvalue weighted by atomic mass is 19.2. The van der Waals surface area contributed by atoms with Crippen LogP contribution >= 0.6 is 0 Å². The fourth-order valence-electron chi connectivity index (χ4n) is 7.25. The first-order valence-corrected chi connectivity index (χ1v) is 14.4. The van der Waals surface area contributed by atoms with Crippen LogP contribution in [-0.4, -0.2) is 82.5 Å². The van der Waals surface area contributed by atoms with Crippen LogP contribution in [0.1, 0.15) is 25.7 Å². The number of nitrogens with zero attached hydrogens (tertiary/aromatic N) is 5. The summed E-state index contributed by atoms with van der Waals surface area (Å²) in [4.78, 5) is 18.4. The molecule has 0 saturated carbocycles.